The first-order chi connectivity index (χ1) is 12.6. The van der Waals surface area contributed by atoms with Gasteiger partial charge in [0.2, 0.25) is 0 Å². The minimum atomic E-state index is 0.133. The molecule has 0 aliphatic carbocycles. The van der Waals surface area contributed by atoms with E-state index in [-0.39, 0.29) is 5.75 Å². The van der Waals surface area contributed by atoms with Crippen molar-refractivity contribution in [2.45, 2.75) is 13.3 Å². The lowest BCUT2D eigenvalue weighted by Gasteiger charge is -2.01. The molecule has 0 atom stereocenters. The molecular formula is C21H18ClN3O. The van der Waals surface area contributed by atoms with Crippen LogP contribution in [0.4, 0.5) is 17.1 Å². The molecule has 0 saturated heterocycles. The van der Waals surface area contributed by atoms with Gasteiger partial charge in [-0.05, 0) is 66.6 Å². The van der Waals surface area contributed by atoms with Gasteiger partial charge in [-0.3, -0.25) is 4.99 Å². The Morgan fingerprint density at radius 1 is 0.846 bits per heavy atom. The molecule has 0 radical (unpaired) electrons. The normalized spacial score (nSPS) is 11.5. The SMILES string of the molecule is CCc1ccc(N=Nc2ccc(O)c(C=Nc3ccc(Cl)cc3)c2)cc1. The van der Waals surface area contributed by atoms with Crippen LogP contribution in [-0.2, 0) is 6.42 Å². The van der Waals surface area contributed by atoms with Gasteiger partial charge in [-0.1, -0.05) is 30.7 Å². The van der Waals surface area contributed by atoms with Gasteiger partial charge >= 0.3 is 0 Å². The highest BCUT2D eigenvalue weighted by Crippen LogP contribution is 2.25. The summed E-state index contributed by atoms with van der Waals surface area (Å²) in [6, 6.07) is 20.1. The molecule has 0 aliphatic heterocycles. The summed E-state index contributed by atoms with van der Waals surface area (Å²) >= 11 is 5.86. The zero-order chi connectivity index (χ0) is 18.4. The Hall–Kier alpha value is -2.98. The second-order valence-corrected chi connectivity index (χ2v) is 6.13. The topological polar surface area (TPSA) is 57.3 Å². The number of hydrogen-bond donors (Lipinski definition) is 1. The van der Waals surface area contributed by atoms with Crippen molar-refractivity contribution in [3.05, 3.63) is 82.9 Å². The van der Waals surface area contributed by atoms with Crippen molar-refractivity contribution >= 4 is 34.9 Å². The van der Waals surface area contributed by atoms with Gasteiger partial charge in [0.05, 0.1) is 17.1 Å². The van der Waals surface area contributed by atoms with Crippen LogP contribution in [0.5, 0.6) is 5.75 Å². The molecule has 0 bridgehead atoms. The van der Waals surface area contributed by atoms with Crippen LogP contribution in [0.3, 0.4) is 0 Å². The number of benzene rings is 3. The number of aryl methyl sites for hydroxylation is 1. The van der Waals surface area contributed by atoms with E-state index in [4.69, 9.17) is 11.6 Å². The van der Waals surface area contributed by atoms with Gasteiger partial charge in [0, 0.05) is 16.8 Å². The highest BCUT2D eigenvalue weighted by atomic mass is 35.5. The number of hydrogen-bond acceptors (Lipinski definition) is 4. The van der Waals surface area contributed by atoms with E-state index < -0.39 is 0 Å². The van der Waals surface area contributed by atoms with Crippen molar-refractivity contribution in [2.24, 2.45) is 15.2 Å². The molecular weight excluding hydrogens is 346 g/mol. The predicted molar refractivity (Wildman–Crippen MR) is 107 cm³/mol. The minimum Gasteiger partial charge on any atom is -0.507 e. The molecule has 26 heavy (non-hydrogen) atoms. The summed E-state index contributed by atoms with van der Waals surface area (Å²) in [6.07, 6.45) is 2.58. The number of aromatic hydroxyl groups is 1. The van der Waals surface area contributed by atoms with E-state index >= 15 is 0 Å². The molecule has 0 aromatic heterocycles. The molecule has 3 rings (SSSR count). The predicted octanol–water partition coefficient (Wildman–Crippen LogP) is 6.77. The van der Waals surface area contributed by atoms with Crippen molar-refractivity contribution in [3.8, 4) is 5.75 Å². The Morgan fingerprint density at radius 2 is 1.46 bits per heavy atom. The molecule has 4 nitrogen and oxygen atoms in total. The number of phenols is 1. The molecule has 130 valence electrons. The Kier molecular flexibility index (Phi) is 5.77. The quantitative estimate of drug-likeness (QED) is 0.394. The van der Waals surface area contributed by atoms with E-state index in [0.29, 0.717) is 16.3 Å². The fourth-order valence-corrected chi connectivity index (χ4v) is 2.42. The number of rotatable bonds is 5. The molecule has 0 fully saturated rings. The number of nitrogens with zero attached hydrogens (tertiary/aromatic N) is 3. The zero-order valence-electron chi connectivity index (χ0n) is 14.3. The highest BCUT2D eigenvalue weighted by Gasteiger charge is 2.01. The summed E-state index contributed by atoms with van der Waals surface area (Å²) < 4.78 is 0. The van der Waals surface area contributed by atoms with Gasteiger partial charge in [-0.15, -0.1) is 0 Å². The number of halogens is 1. The van der Waals surface area contributed by atoms with E-state index in [2.05, 4.69) is 22.1 Å². The van der Waals surface area contributed by atoms with Crippen LogP contribution in [-0.4, -0.2) is 11.3 Å². The van der Waals surface area contributed by atoms with Crippen LogP contribution in [0.2, 0.25) is 5.02 Å². The summed E-state index contributed by atoms with van der Waals surface area (Å²) in [5, 5.41) is 19.1. The minimum absolute atomic E-state index is 0.133. The zero-order valence-corrected chi connectivity index (χ0v) is 15.1. The lowest BCUT2D eigenvalue weighted by atomic mass is 10.2. The first-order valence-electron chi connectivity index (χ1n) is 8.27. The van der Waals surface area contributed by atoms with Crippen molar-refractivity contribution < 1.29 is 5.11 Å². The van der Waals surface area contributed by atoms with Crippen molar-refractivity contribution in [1.82, 2.24) is 0 Å². The van der Waals surface area contributed by atoms with Crippen LogP contribution < -0.4 is 0 Å². The van der Waals surface area contributed by atoms with E-state index in [0.717, 1.165) is 17.8 Å². The smallest absolute Gasteiger partial charge is 0.124 e. The van der Waals surface area contributed by atoms with Gasteiger partial charge < -0.3 is 5.11 Å². The third kappa shape index (κ3) is 4.77. The molecule has 0 heterocycles. The largest absolute Gasteiger partial charge is 0.507 e. The van der Waals surface area contributed by atoms with Crippen LogP contribution in [0.1, 0.15) is 18.1 Å². The lowest BCUT2D eigenvalue weighted by molar-refractivity contribution is 0.474. The molecule has 3 aromatic carbocycles. The van der Waals surface area contributed by atoms with Gasteiger partial charge in [0.25, 0.3) is 0 Å². The standard InChI is InChI=1S/C21H18ClN3O/c1-2-15-3-7-19(8-4-15)24-25-20-11-12-21(26)16(13-20)14-23-18-9-5-17(22)6-10-18/h3-14,26H,2H2,1H3. The molecule has 3 aromatic rings. The first kappa shape index (κ1) is 17.8. The Labute approximate surface area is 157 Å². The van der Waals surface area contributed by atoms with Crippen molar-refractivity contribution in [2.75, 3.05) is 0 Å². The van der Waals surface area contributed by atoms with Crippen LogP contribution in [0.15, 0.2) is 82.0 Å². The van der Waals surface area contributed by atoms with E-state index in [1.165, 1.54) is 5.56 Å². The van der Waals surface area contributed by atoms with Crippen LogP contribution in [0, 0.1) is 0 Å². The maximum absolute atomic E-state index is 10.0. The van der Waals surface area contributed by atoms with E-state index in [9.17, 15) is 5.11 Å². The maximum atomic E-state index is 10.0. The summed E-state index contributed by atoms with van der Waals surface area (Å²) in [7, 11) is 0. The second-order valence-electron chi connectivity index (χ2n) is 5.70. The van der Waals surface area contributed by atoms with Gasteiger partial charge in [0.1, 0.15) is 5.75 Å². The van der Waals surface area contributed by atoms with Crippen molar-refractivity contribution in [3.63, 3.8) is 0 Å². The average Bonchev–Trinajstić information content (AvgIpc) is 2.68. The molecule has 0 amide bonds. The summed E-state index contributed by atoms with van der Waals surface area (Å²) in [5.41, 5.74) is 4.00. The third-order valence-electron chi connectivity index (χ3n) is 3.82. The number of azo groups is 1. The summed E-state index contributed by atoms with van der Waals surface area (Å²) in [6.45, 7) is 2.11. The fraction of sp³-hybridized carbons (Fsp3) is 0.0952. The Morgan fingerprint density at radius 3 is 2.15 bits per heavy atom. The average molecular weight is 364 g/mol. The monoisotopic (exact) mass is 363 g/mol. The molecule has 0 aliphatic rings. The third-order valence-corrected chi connectivity index (χ3v) is 4.07. The Bertz CT molecular complexity index is 932. The molecule has 5 heteroatoms. The second kappa shape index (κ2) is 8.41. The molecule has 0 saturated carbocycles. The fourth-order valence-electron chi connectivity index (χ4n) is 2.29. The first-order valence-corrected chi connectivity index (χ1v) is 8.65. The highest BCUT2D eigenvalue weighted by molar-refractivity contribution is 6.30. The number of aliphatic imine (C=N–C) groups is 1. The molecule has 0 spiro atoms. The maximum Gasteiger partial charge on any atom is 0.124 e. The van der Waals surface area contributed by atoms with E-state index in [1.54, 1.807) is 48.7 Å². The number of phenolic OH excluding ortho intramolecular Hbond substituents is 1. The van der Waals surface area contributed by atoms with Crippen LogP contribution in [0.25, 0.3) is 0 Å². The Balaban J connectivity index is 1.78. The summed E-state index contributed by atoms with van der Waals surface area (Å²) in [5.74, 6) is 0.133. The summed E-state index contributed by atoms with van der Waals surface area (Å²) in [4.78, 5) is 4.34. The van der Waals surface area contributed by atoms with Gasteiger partial charge in [0.15, 0.2) is 0 Å². The van der Waals surface area contributed by atoms with Gasteiger partial charge in [-0.25, -0.2) is 0 Å². The lowest BCUT2D eigenvalue weighted by Crippen LogP contribution is -1.82. The molecule has 1 N–H and O–H groups in total. The molecule has 0 unspecified atom stereocenters. The van der Waals surface area contributed by atoms with Crippen molar-refractivity contribution in [1.29, 1.82) is 0 Å². The van der Waals surface area contributed by atoms with Gasteiger partial charge in [-0.2, -0.15) is 10.2 Å². The van der Waals surface area contributed by atoms with Crippen LogP contribution >= 0.6 is 11.6 Å². The van der Waals surface area contributed by atoms with E-state index in [1.807, 2.05) is 24.3 Å².